The molecule has 0 radical (unpaired) electrons. The summed E-state index contributed by atoms with van der Waals surface area (Å²) in [5, 5.41) is 0.542. The van der Waals surface area contributed by atoms with Crippen molar-refractivity contribution in [3.63, 3.8) is 0 Å². The van der Waals surface area contributed by atoms with Gasteiger partial charge < -0.3 is 16.2 Å². The Morgan fingerprint density at radius 2 is 1.95 bits per heavy atom. The molecule has 0 unspecified atom stereocenters. The summed E-state index contributed by atoms with van der Waals surface area (Å²) in [7, 11) is 0. The molecule has 100 valence electrons. The molecule has 0 aliphatic heterocycles. The Hall–Kier alpha value is -1.85. The summed E-state index contributed by atoms with van der Waals surface area (Å²) in [6.07, 6.45) is 3.21. The maximum atomic E-state index is 6.09. The first-order valence-electron chi connectivity index (χ1n) is 5.84. The van der Waals surface area contributed by atoms with Crippen molar-refractivity contribution in [1.29, 1.82) is 0 Å². The summed E-state index contributed by atoms with van der Waals surface area (Å²) in [5.74, 6) is 0.833. The minimum Gasteiger partial charge on any atom is -0.488 e. The highest BCUT2D eigenvalue weighted by Gasteiger charge is 2.08. The number of anilines is 1. The van der Waals surface area contributed by atoms with Crippen LogP contribution in [0.4, 0.5) is 5.95 Å². The van der Waals surface area contributed by atoms with Gasteiger partial charge in [0.05, 0.1) is 5.02 Å². The number of halogens is 1. The molecule has 0 fully saturated rings. The average molecular weight is 279 g/mol. The average Bonchev–Trinajstić information content (AvgIpc) is 2.42. The molecule has 0 bridgehead atoms. The van der Waals surface area contributed by atoms with E-state index >= 15 is 0 Å². The Morgan fingerprint density at radius 3 is 2.58 bits per heavy atom. The topological polar surface area (TPSA) is 87.0 Å². The van der Waals surface area contributed by atoms with E-state index in [-0.39, 0.29) is 12.1 Å². The number of nitrogens with two attached hydrogens (primary N) is 2. The van der Waals surface area contributed by atoms with E-state index in [2.05, 4.69) is 9.97 Å². The van der Waals surface area contributed by atoms with E-state index in [1.807, 2.05) is 19.1 Å². The number of nitrogens with zero attached hydrogens (tertiary/aromatic N) is 2. The van der Waals surface area contributed by atoms with E-state index in [4.69, 9.17) is 27.8 Å². The predicted molar refractivity (Wildman–Crippen MR) is 76.0 cm³/mol. The van der Waals surface area contributed by atoms with Crippen LogP contribution in [0.5, 0.6) is 5.75 Å². The number of hydrogen-bond donors (Lipinski definition) is 2. The van der Waals surface area contributed by atoms with Crippen LogP contribution in [-0.4, -0.2) is 22.6 Å². The maximum Gasteiger partial charge on any atom is 0.219 e. The van der Waals surface area contributed by atoms with Crippen LogP contribution in [0.2, 0.25) is 5.02 Å². The summed E-state index contributed by atoms with van der Waals surface area (Å²) in [6, 6.07) is 5.48. The smallest absolute Gasteiger partial charge is 0.219 e. The first-order chi connectivity index (χ1) is 9.10. The molecule has 5 nitrogen and oxygen atoms in total. The molecular weight excluding hydrogens is 264 g/mol. The lowest BCUT2D eigenvalue weighted by Crippen LogP contribution is -2.22. The van der Waals surface area contributed by atoms with Crippen molar-refractivity contribution in [2.75, 3.05) is 12.3 Å². The lowest BCUT2D eigenvalue weighted by molar-refractivity contribution is 0.230. The largest absolute Gasteiger partial charge is 0.488 e. The van der Waals surface area contributed by atoms with Crippen LogP contribution in [0, 0.1) is 0 Å². The molecule has 1 heterocycles. The lowest BCUT2D eigenvalue weighted by atomic mass is 10.1. The molecule has 0 saturated heterocycles. The normalized spacial score (nSPS) is 12.2. The molecule has 0 aliphatic rings. The minimum atomic E-state index is -0.101. The van der Waals surface area contributed by atoms with Gasteiger partial charge in [-0.25, -0.2) is 9.97 Å². The standard InChI is InChI=1S/C13H15ClN4O/c1-8(5-15)19-12-4-9(2-3-11(12)14)10-6-17-13(16)18-7-10/h2-4,6-8H,5,15H2,1H3,(H2,16,17,18)/t8-/m0/s1. The monoisotopic (exact) mass is 278 g/mol. The van der Waals surface area contributed by atoms with Crippen molar-refractivity contribution in [2.24, 2.45) is 5.73 Å². The Balaban J connectivity index is 2.32. The van der Waals surface area contributed by atoms with E-state index in [9.17, 15) is 0 Å². The quantitative estimate of drug-likeness (QED) is 0.894. The van der Waals surface area contributed by atoms with Crippen molar-refractivity contribution < 1.29 is 4.74 Å². The van der Waals surface area contributed by atoms with E-state index in [1.54, 1.807) is 18.5 Å². The maximum absolute atomic E-state index is 6.09. The third kappa shape index (κ3) is 3.33. The second-order valence-electron chi connectivity index (χ2n) is 4.14. The van der Waals surface area contributed by atoms with Gasteiger partial charge in [0.1, 0.15) is 11.9 Å². The third-order valence-electron chi connectivity index (χ3n) is 2.60. The molecule has 0 aliphatic carbocycles. The second-order valence-corrected chi connectivity index (χ2v) is 4.55. The summed E-state index contributed by atoms with van der Waals surface area (Å²) in [6.45, 7) is 2.31. The molecule has 6 heteroatoms. The number of benzene rings is 1. The minimum absolute atomic E-state index is 0.101. The molecule has 1 aromatic carbocycles. The molecule has 0 saturated carbocycles. The molecular formula is C13H15ClN4O. The van der Waals surface area contributed by atoms with E-state index in [0.29, 0.717) is 17.3 Å². The van der Waals surface area contributed by atoms with Crippen LogP contribution in [0.15, 0.2) is 30.6 Å². The zero-order chi connectivity index (χ0) is 13.8. The van der Waals surface area contributed by atoms with Crippen LogP contribution >= 0.6 is 11.6 Å². The molecule has 1 aromatic heterocycles. The van der Waals surface area contributed by atoms with Gasteiger partial charge in [-0.3, -0.25) is 0 Å². The van der Waals surface area contributed by atoms with Crippen molar-refractivity contribution in [1.82, 2.24) is 9.97 Å². The van der Waals surface area contributed by atoms with Crippen LogP contribution in [0.3, 0.4) is 0 Å². The highest BCUT2D eigenvalue weighted by atomic mass is 35.5. The van der Waals surface area contributed by atoms with Gasteiger partial charge in [0.15, 0.2) is 0 Å². The van der Waals surface area contributed by atoms with E-state index < -0.39 is 0 Å². The summed E-state index contributed by atoms with van der Waals surface area (Å²) >= 11 is 6.09. The van der Waals surface area contributed by atoms with Crippen LogP contribution in [0.25, 0.3) is 11.1 Å². The van der Waals surface area contributed by atoms with Crippen LogP contribution < -0.4 is 16.2 Å². The highest BCUT2D eigenvalue weighted by Crippen LogP contribution is 2.30. The van der Waals surface area contributed by atoms with Gasteiger partial charge in [-0.15, -0.1) is 0 Å². The van der Waals surface area contributed by atoms with Crippen LogP contribution in [0.1, 0.15) is 6.92 Å². The summed E-state index contributed by atoms with van der Waals surface area (Å²) in [5.41, 5.74) is 12.7. The lowest BCUT2D eigenvalue weighted by Gasteiger charge is -2.14. The number of hydrogen-bond acceptors (Lipinski definition) is 5. The zero-order valence-electron chi connectivity index (χ0n) is 10.5. The van der Waals surface area contributed by atoms with Gasteiger partial charge in [0, 0.05) is 24.5 Å². The third-order valence-corrected chi connectivity index (χ3v) is 2.91. The van der Waals surface area contributed by atoms with Crippen molar-refractivity contribution >= 4 is 17.5 Å². The zero-order valence-corrected chi connectivity index (χ0v) is 11.3. The molecule has 0 spiro atoms. The van der Waals surface area contributed by atoms with Crippen molar-refractivity contribution in [3.8, 4) is 16.9 Å². The van der Waals surface area contributed by atoms with Gasteiger partial charge in [0.25, 0.3) is 0 Å². The van der Waals surface area contributed by atoms with Crippen LogP contribution in [-0.2, 0) is 0 Å². The SMILES string of the molecule is C[C@@H](CN)Oc1cc(-c2cnc(N)nc2)ccc1Cl. The highest BCUT2D eigenvalue weighted by molar-refractivity contribution is 6.32. The molecule has 2 rings (SSSR count). The number of rotatable bonds is 4. The van der Waals surface area contributed by atoms with Gasteiger partial charge in [-0.1, -0.05) is 17.7 Å². The number of ether oxygens (including phenoxy) is 1. The predicted octanol–water partition coefficient (Wildman–Crippen LogP) is 2.11. The number of aromatic nitrogens is 2. The Morgan fingerprint density at radius 1 is 1.26 bits per heavy atom. The molecule has 1 atom stereocenters. The first kappa shape index (κ1) is 13.6. The number of nitrogen functional groups attached to an aromatic ring is 1. The summed E-state index contributed by atoms with van der Waals surface area (Å²) < 4.78 is 5.66. The molecule has 0 amide bonds. The Kier molecular flexibility index (Phi) is 4.19. The molecule has 19 heavy (non-hydrogen) atoms. The van der Waals surface area contributed by atoms with Gasteiger partial charge in [0.2, 0.25) is 5.95 Å². The van der Waals surface area contributed by atoms with E-state index in [0.717, 1.165) is 11.1 Å². The fraction of sp³-hybridized carbons (Fsp3) is 0.231. The first-order valence-corrected chi connectivity index (χ1v) is 6.22. The van der Waals surface area contributed by atoms with Crippen molar-refractivity contribution in [2.45, 2.75) is 13.0 Å². The molecule has 2 aromatic rings. The Labute approximate surface area is 116 Å². The summed E-state index contributed by atoms with van der Waals surface area (Å²) in [4.78, 5) is 7.92. The van der Waals surface area contributed by atoms with E-state index in [1.165, 1.54) is 0 Å². The van der Waals surface area contributed by atoms with Gasteiger partial charge in [-0.05, 0) is 24.6 Å². The molecule has 4 N–H and O–H groups in total. The van der Waals surface area contributed by atoms with Gasteiger partial charge >= 0.3 is 0 Å². The second kappa shape index (κ2) is 5.86. The fourth-order valence-corrected chi connectivity index (χ4v) is 1.69. The van der Waals surface area contributed by atoms with Gasteiger partial charge in [-0.2, -0.15) is 0 Å². The van der Waals surface area contributed by atoms with Crippen molar-refractivity contribution in [3.05, 3.63) is 35.6 Å². The Bertz CT molecular complexity index is 559. The fourth-order valence-electron chi connectivity index (χ4n) is 1.53.